The van der Waals surface area contributed by atoms with Crippen LogP contribution in [0.4, 0.5) is 0 Å². The summed E-state index contributed by atoms with van der Waals surface area (Å²) in [5, 5.41) is 9.07. The number of benzene rings is 1. The number of methoxy groups -OCH3 is 2. The Balaban J connectivity index is 1.50. The quantitative estimate of drug-likeness (QED) is 0.740. The van der Waals surface area contributed by atoms with Crippen LogP contribution in [0.1, 0.15) is 28.9 Å². The smallest absolute Gasteiger partial charge is 0.274 e. The van der Waals surface area contributed by atoms with Gasteiger partial charge in [-0.25, -0.2) is 5.10 Å². The predicted octanol–water partition coefficient (Wildman–Crippen LogP) is 0.751. The van der Waals surface area contributed by atoms with Gasteiger partial charge in [0.25, 0.3) is 11.5 Å². The van der Waals surface area contributed by atoms with Gasteiger partial charge in [0, 0.05) is 25.2 Å². The topological polar surface area (TPSA) is 114 Å². The number of rotatable bonds is 6. The van der Waals surface area contributed by atoms with Crippen molar-refractivity contribution in [3.8, 4) is 11.5 Å². The highest BCUT2D eigenvalue weighted by Crippen LogP contribution is 2.27. The van der Waals surface area contributed by atoms with E-state index >= 15 is 0 Å². The third-order valence-corrected chi connectivity index (χ3v) is 4.86. The van der Waals surface area contributed by atoms with Gasteiger partial charge in [-0.3, -0.25) is 14.4 Å². The molecule has 0 bridgehead atoms. The molecule has 9 heteroatoms. The van der Waals surface area contributed by atoms with E-state index in [4.69, 9.17) is 9.47 Å². The van der Waals surface area contributed by atoms with Gasteiger partial charge in [-0.15, -0.1) is 0 Å². The van der Waals surface area contributed by atoms with Gasteiger partial charge < -0.3 is 19.7 Å². The van der Waals surface area contributed by atoms with Crippen molar-refractivity contribution >= 4 is 11.8 Å². The molecule has 0 radical (unpaired) electrons. The Morgan fingerprint density at radius 3 is 2.48 bits per heavy atom. The first kappa shape index (κ1) is 20.4. The molecule has 1 aromatic carbocycles. The average molecular weight is 400 g/mol. The monoisotopic (exact) mass is 400 g/mol. The zero-order chi connectivity index (χ0) is 20.8. The largest absolute Gasteiger partial charge is 0.493 e. The van der Waals surface area contributed by atoms with Crippen LogP contribution in [-0.2, 0) is 11.2 Å². The van der Waals surface area contributed by atoms with Crippen LogP contribution in [0.15, 0.2) is 35.1 Å². The lowest BCUT2D eigenvalue weighted by atomic mass is 10.0. The number of nitrogens with zero attached hydrogens (tertiary/aromatic N) is 2. The van der Waals surface area contributed by atoms with E-state index in [1.54, 1.807) is 31.3 Å². The molecule has 2 aromatic rings. The Bertz CT molecular complexity index is 914. The first-order valence-electron chi connectivity index (χ1n) is 9.35. The lowest BCUT2D eigenvalue weighted by Gasteiger charge is -2.32. The first-order chi connectivity index (χ1) is 14.0. The SMILES string of the molecule is COc1ccc(CC(=O)NC2CCN(C(=O)c3ccc(=O)[nH]n3)CC2)cc1OC. The van der Waals surface area contributed by atoms with Crippen LogP contribution in [0.25, 0.3) is 0 Å². The third-order valence-electron chi connectivity index (χ3n) is 4.86. The second kappa shape index (κ2) is 9.22. The molecule has 1 aliphatic heterocycles. The van der Waals surface area contributed by atoms with Crippen LogP contribution < -0.4 is 20.3 Å². The maximum atomic E-state index is 12.4. The summed E-state index contributed by atoms with van der Waals surface area (Å²) in [7, 11) is 3.12. The molecule has 1 aliphatic rings. The minimum atomic E-state index is -0.350. The Kier molecular flexibility index (Phi) is 6.48. The molecular formula is C20H24N4O5. The zero-order valence-corrected chi connectivity index (χ0v) is 16.4. The van der Waals surface area contributed by atoms with Crippen LogP contribution >= 0.6 is 0 Å². The number of hydrogen-bond donors (Lipinski definition) is 2. The maximum absolute atomic E-state index is 12.4. The fourth-order valence-corrected chi connectivity index (χ4v) is 3.31. The molecule has 0 spiro atoms. The number of carbonyl (C=O) groups excluding carboxylic acids is 2. The molecule has 29 heavy (non-hydrogen) atoms. The van der Waals surface area contributed by atoms with Crippen molar-refractivity contribution in [2.24, 2.45) is 0 Å². The van der Waals surface area contributed by atoms with Crippen LogP contribution in [0.2, 0.25) is 0 Å². The highest BCUT2D eigenvalue weighted by Gasteiger charge is 2.25. The molecule has 2 amide bonds. The molecule has 9 nitrogen and oxygen atoms in total. The van der Waals surface area contributed by atoms with Gasteiger partial charge in [0.15, 0.2) is 11.5 Å². The standard InChI is InChI=1S/C20H24N4O5/c1-28-16-5-3-13(11-17(16)29-2)12-19(26)21-14-7-9-24(10-8-14)20(27)15-4-6-18(25)23-22-15/h3-6,11,14H,7-10,12H2,1-2H3,(H,21,26)(H,23,25). The molecule has 154 valence electrons. The normalized spacial score (nSPS) is 14.3. The minimum absolute atomic E-state index is 0.00948. The Morgan fingerprint density at radius 1 is 1.14 bits per heavy atom. The van der Waals surface area contributed by atoms with Gasteiger partial charge in [-0.1, -0.05) is 6.07 Å². The number of amides is 2. The average Bonchev–Trinajstić information content (AvgIpc) is 2.74. The summed E-state index contributed by atoms with van der Waals surface area (Å²) in [5.74, 6) is 0.895. The molecule has 1 saturated heterocycles. The van der Waals surface area contributed by atoms with E-state index in [1.807, 2.05) is 6.07 Å². The van der Waals surface area contributed by atoms with E-state index in [2.05, 4.69) is 15.5 Å². The molecule has 2 heterocycles. The number of H-pyrrole nitrogens is 1. The third kappa shape index (κ3) is 5.13. The van der Waals surface area contributed by atoms with Crippen molar-refractivity contribution < 1.29 is 19.1 Å². The number of piperidine rings is 1. The van der Waals surface area contributed by atoms with Crippen molar-refractivity contribution in [3.05, 3.63) is 51.9 Å². The Morgan fingerprint density at radius 2 is 1.86 bits per heavy atom. The Labute approximate surface area is 168 Å². The van der Waals surface area contributed by atoms with Gasteiger partial charge in [-0.05, 0) is 36.6 Å². The summed E-state index contributed by atoms with van der Waals surface area (Å²) in [5.41, 5.74) is 0.690. The second-order valence-corrected chi connectivity index (χ2v) is 6.81. The summed E-state index contributed by atoms with van der Waals surface area (Å²) < 4.78 is 10.5. The first-order valence-corrected chi connectivity index (χ1v) is 9.35. The van der Waals surface area contributed by atoms with E-state index in [1.165, 1.54) is 12.1 Å². The number of aromatic nitrogens is 2. The second-order valence-electron chi connectivity index (χ2n) is 6.81. The van der Waals surface area contributed by atoms with Crippen LogP contribution in [0, 0.1) is 0 Å². The van der Waals surface area contributed by atoms with E-state index in [0.717, 1.165) is 5.56 Å². The molecule has 3 rings (SSSR count). The molecule has 2 N–H and O–H groups in total. The number of likely N-dealkylation sites (tertiary alicyclic amines) is 1. The van der Waals surface area contributed by atoms with Crippen molar-refractivity contribution in [3.63, 3.8) is 0 Å². The van der Waals surface area contributed by atoms with Crippen molar-refractivity contribution in [1.29, 1.82) is 0 Å². The van der Waals surface area contributed by atoms with Gasteiger partial charge in [-0.2, -0.15) is 5.10 Å². The minimum Gasteiger partial charge on any atom is -0.493 e. The van der Waals surface area contributed by atoms with Gasteiger partial charge in [0.1, 0.15) is 5.69 Å². The number of nitrogens with one attached hydrogen (secondary N) is 2. The number of ether oxygens (including phenoxy) is 2. The highest BCUT2D eigenvalue weighted by atomic mass is 16.5. The summed E-state index contributed by atoms with van der Waals surface area (Å²) in [6, 6.07) is 8.10. The summed E-state index contributed by atoms with van der Waals surface area (Å²) in [4.78, 5) is 37.6. The van der Waals surface area contributed by atoms with Crippen LogP contribution in [0.3, 0.4) is 0 Å². The fourth-order valence-electron chi connectivity index (χ4n) is 3.31. The van der Waals surface area contributed by atoms with Gasteiger partial charge in [0.2, 0.25) is 5.91 Å². The molecular weight excluding hydrogens is 376 g/mol. The summed E-state index contributed by atoms with van der Waals surface area (Å²) in [6.45, 7) is 1.03. The lowest BCUT2D eigenvalue weighted by molar-refractivity contribution is -0.121. The van der Waals surface area contributed by atoms with Crippen molar-refractivity contribution in [1.82, 2.24) is 20.4 Å². The van der Waals surface area contributed by atoms with Gasteiger partial charge >= 0.3 is 0 Å². The predicted molar refractivity (Wildman–Crippen MR) is 105 cm³/mol. The number of hydrogen-bond acceptors (Lipinski definition) is 6. The van der Waals surface area contributed by atoms with Crippen molar-refractivity contribution in [2.45, 2.75) is 25.3 Å². The summed E-state index contributed by atoms with van der Waals surface area (Å²) in [6.07, 6.45) is 1.56. The van der Waals surface area contributed by atoms with Crippen LogP contribution in [-0.4, -0.2) is 60.3 Å². The zero-order valence-electron chi connectivity index (χ0n) is 16.4. The molecule has 1 aromatic heterocycles. The molecule has 0 unspecified atom stereocenters. The molecule has 1 fully saturated rings. The van der Waals surface area contributed by atoms with Crippen LogP contribution in [0.5, 0.6) is 11.5 Å². The molecule has 0 aliphatic carbocycles. The lowest BCUT2D eigenvalue weighted by Crippen LogP contribution is -2.47. The molecule has 0 saturated carbocycles. The van der Waals surface area contributed by atoms with E-state index < -0.39 is 0 Å². The Hall–Kier alpha value is -3.36. The summed E-state index contributed by atoms with van der Waals surface area (Å²) >= 11 is 0. The highest BCUT2D eigenvalue weighted by molar-refractivity contribution is 5.92. The van der Waals surface area contributed by atoms with Gasteiger partial charge in [0.05, 0.1) is 20.6 Å². The fraction of sp³-hybridized carbons (Fsp3) is 0.400. The number of aromatic amines is 1. The van der Waals surface area contributed by atoms with E-state index in [9.17, 15) is 14.4 Å². The number of carbonyl (C=O) groups is 2. The molecule has 0 atom stereocenters. The van der Waals surface area contributed by atoms with E-state index in [-0.39, 0.29) is 35.5 Å². The maximum Gasteiger partial charge on any atom is 0.274 e. The van der Waals surface area contributed by atoms with E-state index in [0.29, 0.717) is 37.4 Å². The van der Waals surface area contributed by atoms with Crippen molar-refractivity contribution in [2.75, 3.05) is 27.3 Å².